The molecule has 1 rings (SSSR count). The summed E-state index contributed by atoms with van der Waals surface area (Å²) >= 11 is 3.35. The summed E-state index contributed by atoms with van der Waals surface area (Å²) in [4.78, 5) is 7.07. The van der Waals surface area contributed by atoms with Gasteiger partial charge in [0.1, 0.15) is 4.60 Å². The highest BCUT2D eigenvalue weighted by atomic mass is 79.9. The first-order valence-electron chi connectivity index (χ1n) is 2.90. The molecule has 1 aromatic rings. The van der Waals surface area contributed by atoms with Crippen LogP contribution in [0.5, 0.6) is 0 Å². The van der Waals surface area contributed by atoms with Crippen LogP contribution in [0.25, 0.3) is 0 Å². The number of hydrogen-bond donors (Lipinski definition) is 1. The summed E-state index contributed by atoms with van der Waals surface area (Å²) < 4.78 is 0.998. The summed E-state index contributed by atoms with van der Waals surface area (Å²) in [6.45, 7) is 4.22. The van der Waals surface area contributed by atoms with E-state index in [1.54, 1.807) is 6.33 Å². The summed E-state index contributed by atoms with van der Waals surface area (Å²) in [5, 5.41) is 0. The first kappa shape index (κ1) is 6.81. The number of nitrogens with zero attached hydrogens (tertiary/aromatic N) is 1. The lowest BCUT2D eigenvalue weighted by atomic mass is 10.2. The van der Waals surface area contributed by atoms with Crippen LogP contribution < -0.4 is 0 Å². The van der Waals surface area contributed by atoms with E-state index < -0.39 is 0 Å². The van der Waals surface area contributed by atoms with Gasteiger partial charge in [-0.1, -0.05) is 13.8 Å². The summed E-state index contributed by atoms with van der Waals surface area (Å²) in [7, 11) is 0. The van der Waals surface area contributed by atoms with Crippen molar-refractivity contribution in [3.8, 4) is 0 Å². The van der Waals surface area contributed by atoms with E-state index in [1.807, 2.05) is 0 Å². The molecule has 0 unspecified atom stereocenters. The van der Waals surface area contributed by atoms with E-state index in [4.69, 9.17) is 0 Å². The lowest BCUT2D eigenvalue weighted by molar-refractivity contribution is 0.826. The molecule has 3 heteroatoms. The predicted octanol–water partition coefficient (Wildman–Crippen LogP) is 2.30. The fourth-order valence-corrected chi connectivity index (χ4v) is 1.35. The summed E-state index contributed by atoms with van der Waals surface area (Å²) in [6.07, 6.45) is 1.69. The average Bonchev–Trinajstić information content (AvgIpc) is 2.13. The standard InChI is InChI=1S/C6H9BrN2/c1-4(2)5-6(7)9-3-8-5/h3-4H,1-2H3,(H,8,9). The SMILES string of the molecule is CC(C)c1nc[nH]c1Br. The lowest BCUT2D eigenvalue weighted by Crippen LogP contribution is -1.86. The number of aromatic amines is 1. The molecular weight excluding hydrogens is 180 g/mol. The lowest BCUT2D eigenvalue weighted by Gasteiger charge is -1.97. The van der Waals surface area contributed by atoms with Crippen LogP contribution in [-0.4, -0.2) is 9.97 Å². The van der Waals surface area contributed by atoms with Gasteiger partial charge < -0.3 is 4.98 Å². The summed E-state index contributed by atoms with van der Waals surface area (Å²) in [5.74, 6) is 0.491. The largest absolute Gasteiger partial charge is 0.339 e. The zero-order valence-electron chi connectivity index (χ0n) is 5.48. The van der Waals surface area contributed by atoms with Gasteiger partial charge in [0.2, 0.25) is 0 Å². The van der Waals surface area contributed by atoms with Crippen molar-refractivity contribution in [3.05, 3.63) is 16.6 Å². The number of imidazole rings is 1. The third kappa shape index (κ3) is 1.33. The Morgan fingerprint density at radius 3 is 2.56 bits per heavy atom. The minimum Gasteiger partial charge on any atom is -0.339 e. The van der Waals surface area contributed by atoms with Crippen molar-refractivity contribution in [1.82, 2.24) is 9.97 Å². The number of halogens is 1. The van der Waals surface area contributed by atoms with Crippen LogP contribution in [0, 0.1) is 0 Å². The minimum atomic E-state index is 0.491. The third-order valence-corrected chi connectivity index (χ3v) is 1.80. The van der Waals surface area contributed by atoms with Crippen LogP contribution >= 0.6 is 15.9 Å². The van der Waals surface area contributed by atoms with Crippen molar-refractivity contribution in [1.29, 1.82) is 0 Å². The Hall–Kier alpha value is -0.310. The Labute approximate surface area is 62.8 Å². The molecule has 1 heterocycles. The van der Waals surface area contributed by atoms with Gasteiger partial charge in [0.25, 0.3) is 0 Å². The van der Waals surface area contributed by atoms with Gasteiger partial charge in [-0.05, 0) is 21.8 Å². The molecule has 1 N–H and O–H groups in total. The maximum Gasteiger partial charge on any atom is 0.105 e. The second-order valence-electron chi connectivity index (χ2n) is 2.26. The molecule has 0 radical (unpaired) electrons. The van der Waals surface area contributed by atoms with E-state index in [0.717, 1.165) is 10.3 Å². The maximum absolute atomic E-state index is 4.11. The Morgan fingerprint density at radius 1 is 1.67 bits per heavy atom. The van der Waals surface area contributed by atoms with Crippen molar-refractivity contribution in [2.45, 2.75) is 19.8 Å². The number of hydrogen-bond acceptors (Lipinski definition) is 1. The monoisotopic (exact) mass is 188 g/mol. The van der Waals surface area contributed by atoms with Gasteiger partial charge in [-0.3, -0.25) is 0 Å². The van der Waals surface area contributed by atoms with Crippen LogP contribution in [0.1, 0.15) is 25.5 Å². The number of aromatic nitrogens is 2. The van der Waals surface area contributed by atoms with Crippen molar-refractivity contribution in [3.63, 3.8) is 0 Å². The minimum absolute atomic E-state index is 0.491. The smallest absolute Gasteiger partial charge is 0.105 e. The van der Waals surface area contributed by atoms with Gasteiger partial charge in [-0.25, -0.2) is 4.98 Å². The molecule has 50 valence electrons. The van der Waals surface area contributed by atoms with Crippen LogP contribution in [0.15, 0.2) is 10.9 Å². The zero-order valence-corrected chi connectivity index (χ0v) is 7.07. The first-order valence-corrected chi connectivity index (χ1v) is 3.70. The van der Waals surface area contributed by atoms with Gasteiger partial charge >= 0.3 is 0 Å². The fourth-order valence-electron chi connectivity index (χ4n) is 0.692. The van der Waals surface area contributed by atoms with E-state index in [1.165, 1.54) is 0 Å². The van der Waals surface area contributed by atoms with Crippen molar-refractivity contribution in [2.75, 3.05) is 0 Å². The molecule has 1 aromatic heterocycles. The second-order valence-corrected chi connectivity index (χ2v) is 3.05. The van der Waals surface area contributed by atoms with E-state index >= 15 is 0 Å². The average molecular weight is 189 g/mol. The first-order chi connectivity index (χ1) is 4.22. The topological polar surface area (TPSA) is 28.7 Å². The Bertz CT molecular complexity index is 193. The molecule has 0 saturated heterocycles. The van der Waals surface area contributed by atoms with Gasteiger partial charge in [0.15, 0.2) is 0 Å². The van der Waals surface area contributed by atoms with Crippen LogP contribution in [0.4, 0.5) is 0 Å². The summed E-state index contributed by atoms with van der Waals surface area (Å²) in [5.41, 5.74) is 1.09. The van der Waals surface area contributed by atoms with Gasteiger partial charge in [0, 0.05) is 0 Å². The van der Waals surface area contributed by atoms with Gasteiger partial charge in [-0.2, -0.15) is 0 Å². The van der Waals surface area contributed by atoms with Gasteiger partial charge in [-0.15, -0.1) is 0 Å². The quantitative estimate of drug-likeness (QED) is 0.721. The van der Waals surface area contributed by atoms with Crippen LogP contribution in [-0.2, 0) is 0 Å². The zero-order chi connectivity index (χ0) is 6.85. The molecule has 0 spiro atoms. The number of nitrogens with one attached hydrogen (secondary N) is 1. The Morgan fingerprint density at radius 2 is 2.33 bits per heavy atom. The fraction of sp³-hybridized carbons (Fsp3) is 0.500. The van der Waals surface area contributed by atoms with Gasteiger partial charge in [0.05, 0.1) is 12.0 Å². The van der Waals surface area contributed by atoms with E-state index in [2.05, 4.69) is 39.7 Å². The highest BCUT2D eigenvalue weighted by Crippen LogP contribution is 2.19. The van der Waals surface area contributed by atoms with Crippen molar-refractivity contribution < 1.29 is 0 Å². The molecule has 0 aliphatic rings. The molecule has 0 amide bonds. The van der Waals surface area contributed by atoms with Crippen molar-refractivity contribution in [2.24, 2.45) is 0 Å². The number of rotatable bonds is 1. The van der Waals surface area contributed by atoms with E-state index in [-0.39, 0.29) is 0 Å². The van der Waals surface area contributed by atoms with E-state index in [9.17, 15) is 0 Å². The molecule has 0 fully saturated rings. The molecule has 9 heavy (non-hydrogen) atoms. The predicted molar refractivity (Wildman–Crippen MR) is 40.4 cm³/mol. The molecule has 0 aliphatic carbocycles. The molecule has 0 bridgehead atoms. The van der Waals surface area contributed by atoms with Crippen molar-refractivity contribution >= 4 is 15.9 Å². The van der Waals surface area contributed by atoms with Crippen LogP contribution in [0.2, 0.25) is 0 Å². The maximum atomic E-state index is 4.11. The summed E-state index contributed by atoms with van der Waals surface area (Å²) in [6, 6.07) is 0. The van der Waals surface area contributed by atoms with E-state index in [0.29, 0.717) is 5.92 Å². The second kappa shape index (κ2) is 2.52. The molecule has 0 aliphatic heterocycles. The highest BCUT2D eigenvalue weighted by molar-refractivity contribution is 9.10. The molecule has 2 nitrogen and oxygen atoms in total. The molecule has 0 aromatic carbocycles. The Balaban J connectivity index is 2.94. The Kier molecular flexibility index (Phi) is 1.90. The highest BCUT2D eigenvalue weighted by Gasteiger charge is 2.04. The molecule has 0 saturated carbocycles. The van der Waals surface area contributed by atoms with Crippen LogP contribution in [0.3, 0.4) is 0 Å². The normalized spacial score (nSPS) is 10.7. The third-order valence-electron chi connectivity index (χ3n) is 1.17. The molecular formula is C6H9BrN2. The number of H-pyrrole nitrogens is 1. The molecule has 0 atom stereocenters.